The van der Waals surface area contributed by atoms with Crippen LogP contribution in [0.5, 0.6) is 0 Å². The number of hydrogen-bond acceptors (Lipinski definition) is 9. The van der Waals surface area contributed by atoms with Crippen LogP contribution in [0.2, 0.25) is 0 Å². The maximum atomic E-state index is 15.1. The molecule has 250 valence electrons. The molecular formula is C34H35BrN6O7. The number of likely N-dealkylation sites (tertiary alicyclic amines) is 1. The second kappa shape index (κ2) is 12.9. The monoisotopic (exact) mass is 718 g/mol. The van der Waals surface area contributed by atoms with Gasteiger partial charge in [0.2, 0.25) is 11.8 Å². The first-order valence-electron chi connectivity index (χ1n) is 16.0. The van der Waals surface area contributed by atoms with Crippen LogP contribution in [0.4, 0.5) is 0 Å². The predicted octanol–water partition coefficient (Wildman–Crippen LogP) is 2.22. The molecule has 0 saturated carbocycles. The Morgan fingerprint density at radius 2 is 1.83 bits per heavy atom. The lowest BCUT2D eigenvalue weighted by molar-refractivity contribution is -0.159. The molecule has 2 fully saturated rings. The summed E-state index contributed by atoms with van der Waals surface area (Å²) in [7, 11) is 0. The lowest BCUT2D eigenvalue weighted by Crippen LogP contribution is -2.57. The number of para-hydroxylation sites is 1. The highest BCUT2D eigenvalue weighted by atomic mass is 79.9. The summed E-state index contributed by atoms with van der Waals surface area (Å²) in [5.74, 6) is -4.02. The normalized spacial score (nSPS) is 30.6. The van der Waals surface area contributed by atoms with Crippen molar-refractivity contribution in [2.24, 2.45) is 11.8 Å². The maximum absolute atomic E-state index is 15.1. The van der Waals surface area contributed by atoms with E-state index in [1.54, 1.807) is 52.9 Å². The Morgan fingerprint density at radius 3 is 2.62 bits per heavy atom. The smallest absolute Gasteiger partial charge is 0.313 e. The zero-order valence-corrected chi connectivity index (χ0v) is 27.7. The number of nitrogens with zero attached hydrogens (tertiary/aromatic N) is 5. The predicted molar refractivity (Wildman–Crippen MR) is 175 cm³/mol. The second-order valence-electron chi connectivity index (χ2n) is 12.5. The van der Waals surface area contributed by atoms with Crippen LogP contribution in [-0.2, 0) is 35.3 Å². The fourth-order valence-corrected chi connectivity index (χ4v) is 8.08. The Balaban J connectivity index is 1.36. The topological polar surface area (TPSA) is 156 Å². The molecule has 4 aliphatic heterocycles. The number of nitrogens with one attached hydrogen (secondary N) is 1. The minimum absolute atomic E-state index is 0.0180. The van der Waals surface area contributed by atoms with Gasteiger partial charge in [-0.2, -0.15) is 0 Å². The van der Waals surface area contributed by atoms with Gasteiger partial charge < -0.3 is 29.7 Å². The minimum Gasteiger partial charge on any atom is -0.460 e. The number of ether oxygens (including phenoxy) is 2. The summed E-state index contributed by atoms with van der Waals surface area (Å²) in [6, 6.07) is 14.2. The van der Waals surface area contributed by atoms with E-state index >= 15 is 4.79 Å². The van der Waals surface area contributed by atoms with E-state index in [1.807, 2.05) is 36.4 Å². The van der Waals surface area contributed by atoms with Crippen molar-refractivity contribution in [3.8, 4) is 0 Å². The molecule has 4 aliphatic rings. The lowest BCUT2D eigenvalue weighted by atomic mass is 9.74. The molecule has 0 radical (unpaired) electrons. The summed E-state index contributed by atoms with van der Waals surface area (Å²) in [4.78, 5) is 59.2. The van der Waals surface area contributed by atoms with E-state index in [9.17, 15) is 19.5 Å². The quantitative estimate of drug-likeness (QED) is 0.298. The summed E-state index contributed by atoms with van der Waals surface area (Å²) in [5, 5.41) is 22.2. The highest BCUT2D eigenvalue weighted by molar-refractivity contribution is 9.11. The zero-order chi connectivity index (χ0) is 33.6. The van der Waals surface area contributed by atoms with Crippen molar-refractivity contribution in [3.05, 3.63) is 82.9 Å². The zero-order valence-electron chi connectivity index (χ0n) is 26.1. The molecule has 5 heterocycles. The van der Waals surface area contributed by atoms with Gasteiger partial charge in [0.1, 0.15) is 42.0 Å². The number of aromatic nitrogens is 3. The number of carbonyl (C=O) groups is 4. The van der Waals surface area contributed by atoms with Crippen molar-refractivity contribution in [1.29, 1.82) is 0 Å². The van der Waals surface area contributed by atoms with Crippen molar-refractivity contribution in [2.45, 2.75) is 56.3 Å². The molecule has 1 aromatic heterocycles. The molecule has 3 amide bonds. The van der Waals surface area contributed by atoms with E-state index in [0.29, 0.717) is 27.5 Å². The number of allylic oxidation sites excluding steroid dienone is 1. The third kappa shape index (κ3) is 5.41. The molecule has 3 aromatic rings. The molecule has 0 aliphatic carbocycles. The molecule has 1 spiro atoms. The largest absolute Gasteiger partial charge is 0.460 e. The fraction of sp³-hybridized carbons (Fsp3) is 0.412. The average Bonchev–Trinajstić information content (AvgIpc) is 3.80. The van der Waals surface area contributed by atoms with Crippen LogP contribution in [-0.4, -0.2) is 97.1 Å². The van der Waals surface area contributed by atoms with Crippen LogP contribution < -0.4 is 5.32 Å². The molecule has 48 heavy (non-hydrogen) atoms. The van der Waals surface area contributed by atoms with Gasteiger partial charge >= 0.3 is 5.97 Å². The summed E-state index contributed by atoms with van der Waals surface area (Å²) >= 11 is 3.56. The van der Waals surface area contributed by atoms with Crippen LogP contribution in [0.3, 0.4) is 0 Å². The number of aliphatic hydroxyl groups is 1. The molecule has 2 aromatic carbocycles. The molecule has 5 bridgehead atoms. The Kier molecular flexibility index (Phi) is 8.64. The molecular weight excluding hydrogens is 684 g/mol. The van der Waals surface area contributed by atoms with Crippen molar-refractivity contribution < 1.29 is 33.8 Å². The van der Waals surface area contributed by atoms with Crippen LogP contribution in [0.1, 0.15) is 31.4 Å². The number of carbonyl (C=O) groups excluding carboxylic acids is 4. The number of benzene rings is 2. The Morgan fingerprint density at radius 1 is 1.06 bits per heavy atom. The Hall–Kier alpha value is -4.40. The van der Waals surface area contributed by atoms with Gasteiger partial charge in [0, 0.05) is 17.4 Å². The number of esters is 1. The first-order chi connectivity index (χ1) is 23.2. The maximum Gasteiger partial charge on any atom is 0.313 e. The third-order valence-electron chi connectivity index (χ3n) is 9.53. The molecule has 7 rings (SSSR count). The number of rotatable bonds is 5. The number of hydrogen-bond donors (Lipinski definition) is 2. The number of fused-ring (bicyclic) bond motifs is 3. The van der Waals surface area contributed by atoms with E-state index in [1.165, 1.54) is 4.90 Å². The summed E-state index contributed by atoms with van der Waals surface area (Å²) in [5.41, 5.74) is 0.443. The number of halogens is 1. The van der Waals surface area contributed by atoms with Crippen LogP contribution in [0.25, 0.3) is 11.0 Å². The van der Waals surface area contributed by atoms with Crippen LogP contribution >= 0.6 is 15.9 Å². The van der Waals surface area contributed by atoms with Gasteiger partial charge in [0.05, 0.1) is 30.6 Å². The van der Waals surface area contributed by atoms with E-state index in [2.05, 4.69) is 31.6 Å². The Labute approximate surface area is 284 Å². The lowest BCUT2D eigenvalue weighted by Gasteiger charge is -2.38. The standard InChI is InChI=1S/C34H35BrN6O7/c1-20-17-36-26(43)14-6-3-9-15-39(19-40-24-13-8-7-12-23(24)37-38-40)32(45)30-34-16-22(35)29(48-34)27(33(46)47-20)28(34)31(44)41(30)25(18-42)21-10-4-2-5-11-21/h2-5,7-13,16,20,25,27-30,42H,6,14-15,17-19H2,1H3,(H,36,43)/b9-3-/t20-,25-,27+,28-,29+,30+,34-/m1/s1. The molecule has 13 nitrogen and oxygen atoms in total. The summed E-state index contributed by atoms with van der Waals surface area (Å²) < 4.78 is 14.5. The van der Waals surface area contributed by atoms with Gasteiger partial charge in [0.25, 0.3) is 5.91 Å². The molecule has 7 atom stereocenters. The summed E-state index contributed by atoms with van der Waals surface area (Å²) in [6.07, 6.45) is 4.43. The fourth-order valence-electron chi connectivity index (χ4n) is 7.34. The highest BCUT2D eigenvalue weighted by Crippen LogP contribution is 2.60. The van der Waals surface area contributed by atoms with Gasteiger partial charge in [0.15, 0.2) is 0 Å². The average molecular weight is 720 g/mol. The van der Waals surface area contributed by atoms with Crippen molar-refractivity contribution in [2.75, 3.05) is 19.7 Å². The molecule has 0 unspecified atom stereocenters. The van der Waals surface area contributed by atoms with Gasteiger partial charge in [-0.3, -0.25) is 19.2 Å². The molecule has 2 saturated heterocycles. The minimum atomic E-state index is -1.54. The van der Waals surface area contributed by atoms with Crippen molar-refractivity contribution >= 4 is 50.7 Å². The van der Waals surface area contributed by atoms with Gasteiger partial charge in [-0.15, -0.1) is 5.10 Å². The number of amides is 3. The highest BCUT2D eigenvalue weighted by Gasteiger charge is 2.75. The van der Waals surface area contributed by atoms with Crippen molar-refractivity contribution in [3.63, 3.8) is 0 Å². The Bertz CT molecular complexity index is 1810. The number of aliphatic hydroxyl groups excluding tert-OH is 1. The molecule has 14 heteroatoms. The van der Waals surface area contributed by atoms with Gasteiger partial charge in [-0.25, -0.2) is 4.68 Å². The van der Waals surface area contributed by atoms with Gasteiger partial charge in [-0.1, -0.05) is 75.8 Å². The van der Waals surface area contributed by atoms with E-state index < -0.39 is 66.1 Å². The summed E-state index contributed by atoms with van der Waals surface area (Å²) in [6.45, 7) is 1.38. The van der Waals surface area contributed by atoms with E-state index in [4.69, 9.17) is 9.47 Å². The first kappa shape index (κ1) is 32.2. The van der Waals surface area contributed by atoms with E-state index in [-0.39, 0.29) is 32.1 Å². The van der Waals surface area contributed by atoms with Gasteiger partial charge in [-0.05, 0) is 37.1 Å². The van der Waals surface area contributed by atoms with Crippen molar-refractivity contribution in [1.82, 2.24) is 30.1 Å². The van der Waals surface area contributed by atoms with Crippen LogP contribution in [0, 0.1) is 11.8 Å². The second-order valence-corrected chi connectivity index (χ2v) is 13.4. The molecule has 2 N–H and O–H groups in total. The SMILES string of the molecule is C[C@@H]1CNC(=O)CC/C=C\CN(Cn2nnc3ccccc32)C(=O)[C@@H]2N([C@H](CO)c3ccccc3)C(=O)[C@H]3[C@H](C(=O)O1)[C@H]1O[C@@]23C=C1Br. The first-order valence-corrected chi connectivity index (χ1v) is 16.8. The number of cyclic esters (lactones) is 1. The van der Waals surface area contributed by atoms with E-state index in [0.717, 1.165) is 0 Å². The third-order valence-corrected chi connectivity index (χ3v) is 10.2. The van der Waals surface area contributed by atoms with Crippen LogP contribution in [0.15, 0.2) is 77.3 Å².